The summed E-state index contributed by atoms with van der Waals surface area (Å²) in [4.78, 5) is 15.6. The van der Waals surface area contributed by atoms with Crippen molar-refractivity contribution >= 4 is 29.0 Å². The first-order chi connectivity index (χ1) is 12.6. The van der Waals surface area contributed by atoms with Gasteiger partial charge in [-0.2, -0.15) is 10.1 Å². The smallest absolute Gasteiger partial charge is 0.249 e. The van der Waals surface area contributed by atoms with E-state index in [0.717, 1.165) is 5.69 Å². The molecule has 0 spiro atoms. The molecule has 1 aromatic heterocycles. The summed E-state index contributed by atoms with van der Waals surface area (Å²) >= 11 is 0. The molecule has 2 aromatic carbocycles. The predicted molar refractivity (Wildman–Crippen MR) is 102 cm³/mol. The second kappa shape index (κ2) is 8.06. The molecule has 0 aliphatic heterocycles. The molecule has 0 unspecified atom stereocenters. The van der Waals surface area contributed by atoms with Gasteiger partial charge in [0.15, 0.2) is 5.82 Å². The third kappa shape index (κ3) is 5.01. The van der Waals surface area contributed by atoms with E-state index in [9.17, 15) is 4.79 Å². The summed E-state index contributed by atoms with van der Waals surface area (Å²) in [6.45, 7) is 4.18. The minimum absolute atomic E-state index is 0.123. The van der Waals surface area contributed by atoms with Crippen LogP contribution in [-0.4, -0.2) is 21.1 Å². The number of hydrogen-bond acceptors (Lipinski definition) is 6. The fraction of sp³-hybridized carbons (Fsp3) is 0.158. The van der Waals surface area contributed by atoms with Crippen LogP contribution in [0.1, 0.15) is 18.1 Å². The van der Waals surface area contributed by atoms with Gasteiger partial charge >= 0.3 is 0 Å². The van der Waals surface area contributed by atoms with Crippen LogP contribution in [0.25, 0.3) is 0 Å². The standard InChI is InChI=1S/C19H20N6O/c1-13-5-3-6-15(9-13)11-20-18-12-21-25-19(24-18)23-17-8-4-7-16(10-17)22-14(2)26/h3-10,12H,11H2,1-2H3,(H,22,26)(H2,20,23,24,25). The van der Waals surface area contributed by atoms with Crippen molar-refractivity contribution in [3.8, 4) is 0 Å². The van der Waals surface area contributed by atoms with Gasteiger partial charge in [-0.25, -0.2) is 0 Å². The van der Waals surface area contributed by atoms with Gasteiger partial charge in [-0.1, -0.05) is 35.9 Å². The van der Waals surface area contributed by atoms with Crippen molar-refractivity contribution in [1.82, 2.24) is 15.2 Å². The number of rotatable bonds is 6. The molecule has 1 heterocycles. The second-order valence-corrected chi connectivity index (χ2v) is 5.89. The molecule has 0 atom stereocenters. The molecule has 7 heteroatoms. The van der Waals surface area contributed by atoms with Gasteiger partial charge in [0.2, 0.25) is 11.9 Å². The highest BCUT2D eigenvalue weighted by atomic mass is 16.1. The number of nitrogens with zero attached hydrogens (tertiary/aromatic N) is 3. The minimum atomic E-state index is -0.123. The lowest BCUT2D eigenvalue weighted by molar-refractivity contribution is -0.114. The van der Waals surface area contributed by atoms with Crippen molar-refractivity contribution in [2.24, 2.45) is 0 Å². The van der Waals surface area contributed by atoms with Gasteiger partial charge in [0.05, 0.1) is 6.20 Å². The van der Waals surface area contributed by atoms with E-state index in [1.165, 1.54) is 18.1 Å². The highest BCUT2D eigenvalue weighted by molar-refractivity contribution is 5.89. The molecule has 1 amide bonds. The van der Waals surface area contributed by atoms with Crippen molar-refractivity contribution in [1.29, 1.82) is 0 Å². The zero-order valence-corrected chi connectivity index (χ0v) is 14.7. The molecule has 3 N–H and O–H groups in total. The molecule has 0 aliphatic rings. The molecule has 7 nitrogen and oxygen atoms in total. The summed E-state index contributed by atoms with van der Waals surface area (Å²) in [7, 11) is 0. The van der Waals surface area contributed by atoms with Crippen LogP contribution in [0.5, 0.6) is 0 Å². The number of aryl methyl sites for hydroxylation is 1. The van der Waals surface area contributed by atoms with E-state index in [0.29, 0.717) is 24.0 Å². The number of amides is 1. The lowest BCUT2D eigenvalue weighted by Crippen LogP contribution is -2.07. The van der Waals surface area contributed by atoms with Crippen LogP contribution in [0.4, 0.5) is 23.1 Å². The van der Waals surface area contributed by atoms with E-state index < -0.39 is 0 Å². The number of carbonyl (C=O) groups excluding carboxylic acids is 1. The van der Waals surface area contributed by atoms with Crippen LogP contribution in [0.15, 0.2) is 54.7 Å². The van der Waals surface area contributed by atoms with Crippen molar-refractivity contribution < 1.29 is 4.79 Å². The van der Waals surface area contributed by atoms with Gasteiger partial charge in [-0.05, 0) is 30.7 Å². The predicted octanol–water partition coefficient (Wildman–Crippen LogP) is 3.49. The molecule has 3 rings (SSSR count). The zero-order valence-electron chi connectivity index (χ0n) is 14.7. The molecule has 0 radical (unpaired) electrons. The van der Waals surface area contributed by atoms with Crippen LogP contribution < -0.4 is 16.0 Å². The van der Waals surface area contributed by atoms with Crippen molar-refractivity contribution in [3.05, 3.63) is 65.9 Å². The van der Waals surface area contributed by atoms with Gasteiger partial charge in [-0.15, -0.1) is 5.10 Å². The number of carbonyl (C=O) groups is 1. The average molecular weight is 348 g/mol. The molecule has 0 aliphatic carbocycles. The summed E-state index contributed by atoms with van der Waals surface area (Å²) < 4.78 is 0. The Morgan fingerprint density at radius 1 is 1.08 bits per heavy atom. The van der Waals surface area contributed by atoms with E-state index in [1.54, 1.807) is 12.3 Å². The van der Waals surface area contributed by atoms with E-state index in [4.69, 9.17) is 0 Å². The summed E-state index contributed by atoms with van der Waals surface area (Å²) in [5.74, 6) is 0.878. The highest BCUT2D eigenvalue weighted by Crippen LogP contribution is 2.18. The van der Waals surface area contributed by atoms with Gasteiger partial charge < -0.3 is 16.0 Å². The Balaban J connectivity index is 1.66. The first kappa shape index (κ1) is 17.3. The fourth-order valence-electron chi connectivity index (χ4n) is 2.46. The monoisotopic (exact) mass is 348 g/mol. The molecule has 26 heavy (non-hydrogen) atoms. The Kier molecular flexibility index (Phi) is 5.38. The number of aromatic nitrogens is 3. The third-order valence-electron chi connectivity index (χ3n) is 3.55. The van der Waals surface area contributed by atoms with Gasteiger partial charge in [-0.3, -0.25) is 4.79 Å². The molecule has 0 fully saturated rings. The largest absolute Gasteiger partial charge is 0.365 e. The average Bonchev–Trinajstić information content (AvgIpc) is 2.60. The number of hydrogen-bond donors (Lipinski definition) is 3. The van der Waals surface area contributed by atoms with E-state index in [1.807, 2.05) is 24.3 Å². The van der Waals surface area contributed by atoms with Crippen molar-refractivity contribution in [2.75, 3.05) is 16.0 Å². The molecule has 0 saturated carbocycles. The maximum absolute atomic E-state index is 11.2. The number of anilines is 4. The van der Waals surface area contributed by atoms with Crippen molar-refractivity contribution in [3.63, 3.8) is 0 Å². The van der Waals surface area contributed by atoms with E-state index in [-0.39, 0.29) is 5.91 Å². The lowest BCUT2D eigenvalue weighted by atomic mass is 10.1. The topological polar surface area (TPSA) is 91.8 Å². The molecule has 132 valence electrons. The van der Waals surface area contributed by atoms with Crippen LogP contribution in [0, 0.1) is 6.92 Å². The first-order valence-electron chi connectivity index (χ1n) is 8.22. The summed E-state index contributed by atoms with van der Waals surface area (Å²) in [5.41, 5.74) is 3.84. The summed E-state index contributed by atoms with van der Waals surface area (Å²) in [6.07, 6.45) is 1.58. The Hall–Kier alpha value is -3.48. The number of nitrogens with one attached hydrogen (secondary N) is 3. The molecule has 0 saturated heterocycles. The van der Waals surface area contributed by atoms with Gasteiger partial charge in [0, 0.05) is 24.8 Å². The first-order valence-corrected chi connectivity index (χ1v) is 8.22. The Labute approximate surface area is 151 Å². The molecule has 3 aromatic rings. The van der Waals surface area contributed by atoms with E-state index >= 15 is 0 Å². The quantitative estimate of drug-likeness (QED) is 0.631. The maximum Gasteiger partial charge on any atom is 0.249 e. The Morgan fingerprint density at radius 3 is 2.69 bits per heavy atom. The van der Waals surface area contributed by atoms with Gasteiger partial charge in [0.25, 0.3) is 0 Å². The SMILES string of the molecule is CC(=O)Nc1cccc(Nc2nncc(NCc3cccc(C)c3)n2)c1. The zero-order chi connectivity index (χ0) is 18.4. The van der Waals surface area contributed by atoms with Crippen molar-refractivity contribution in [2.45, 2.75) is 20.4 Å². The second-order valence-electron chi connectivity index (χ2n) is 5.89. The normalized spacial score (nSPS) is 10.2. The van der Waals surface area contributed by atoms with Crippen LogP contribution >= 0.6 is 0 Å². The molecule has 0 bridgehead atoms. The van der Waals surface area contributed by atoms with Crippen LogP contribution in [-0.2, 0) is 11.3 Å². The third-order valence-corrected chi connectivity index (χ3v) is 3.55. The summed E-state index contributed by atoms with van der Waals surface area (Å²) in [6, 6.07) is 15.6. The fourth-order valence-corrected chi connectivity index (χ4v) is 2.46. The van der Waals surface area contributed by atoms with Crippen LogP contribution in [0.3, 0.4) is 0 Å². The van der Waals surface area contributed by atoms with Crippen LogP contribution in [0.2, 0.25) is 0 Å². The maximum atomic E-state index is 11.2. The summed E-state index contributed by atoms with van der Waals surface area (Å²) in [5, 5.41) is 17.0. The highest BCUT2D eigenvalue weighted by Gasteiger charge is 2.03. The molecular formula is C19H20N6O. The van der Waals surface area contributed by atoms with E-state index in [2.05, 4.69) is 56.3 Å². The van der Waals surface area contributed by atoms with Gasteiger partial charge in [0.1, 0.15) is 0 Å². The number of benzene rings is 2. The minimum Gasteiger partial charge on any atom is -0.365 e. The molecular weight excluding hydrogens is 328 g/mol. The Bertz CT molecular complexity index is 912. The lowest BCUT2D eigenvalue weighted by Gasteiger charge is -2.09. The Morgan fingerprint density at radius 2 is 1.88 bits per heavy atom.